The number of aryl methyl sites for hydroxylation is 1. The lowest BCUT2D eigenvalue weighted by Crippen LogP contribution is -2.31. The highest BCUT2D eigenvalue weighted by molar-refractivity contribution is 5.95. The van der Waals surface area contributed by atoms with E-state index < -0.39 is 0 Å². The summed E-state index contributed by atoms with van der Waals surface area (Å²) in [4.78, 5) is 16.4. The molecule has 0 aliphatic carbocycles. The van der Waals surface area contributed by atoms with E-state index in [0.29, 0.717) is 12.1 Å². The van der Waals surface area contributed by atoms with E-state index in [0.717, 1.165) is 30.8 Å². The molecule has 1 aliphatic heterocycles. The van der Waals surface area contributed by atoms with Gasteiger partial charge in [0.1, 0.15) is 5.65 Å². The van der Waals surface area contributed by atoms with Crippen LogP contribution in [-0.4, -0.2) is 34.5 Å². The lowest BCUT2D eigenvalue weighted by Gasteiger charge is -2.10. The molecule has 1 atom stereocenters. The molecule has 2 aromatic rings. The van der Waals surface area contributed by atoms with Gasteiger partial charge in [-0.15, -0.1) is 0 Å². The predicted molar refractivity (Wildman–Crippen MR) is 71.2 cm³/mol. The Labute approximate surface area is 111 Å². The van der Waals surface area contributed by atoms with Gasteiger partial charge >= 0.3 is 0 Å². The molecule has 0 saturated carbocycles. The van der Waals surface area contributed by atoms with Gasteiger partial charge in [-0.2, -0.15) is 0 Å². The Hall–Kier alpha value is -1.88. The molecule has 1 fully saturated rings. The maximum atomic E-state index is 12.0. The van der Waals surface area contributed by atoms with Crippen LogP contribution in [-0.2, 0) is 4.74 Å². The Morgan fingerprint density at radius 1 is 1.63 bits per heavy atom. The van der Waals surface area contributed by atoms with Gasteiger partial charge in [-0.25, -0.2) is 4.98 Å². The van der Waals surface area contributed by atoms with Crippen LogP contribution in [0.2, 0.25) is 0 Å². The molecule has 19 heavy (non-hydrogen) atoms. The van der Waals surface area contributed by atoms with Crippen molar-refractivity contribution >= 4 is 11.6 Å². The molecule has 0 bridgehead atoms. The number of carbonyl (C=O) groups is 1. The van der Waals surface area contributed by atoms with E-state index in [1.165, 1.54) is 0 Å². The first-order valence-electron chi connectivity index (χ1n) is 6.57. The number of pyridine rings is 1. The van der Waals surface area contributed by atoms with Crippen molar-refractivity contribution in [1.82, 2.24) is 14.7 Å². The van der Waals surface area contributed by atoms with E-state index >= 15 is 0 Å². The van der Waals surface area contributed by atoms with Crippen molar-refractivity contribution in [3.8, 4) is 0 Å². The Kier molecular flexibility index (Phi) is 3.21. The zero-order chi connectivity index (χ0) is 13.2. The van der Waals surface area contributed by atoms with Gasteiger partial charge < -0.3 is 14.5 Å². The van der Waals surface area contributed by atoms with Gasteiger partial charge in [-0.3, -0.25) is 4.79 Å². The van der Waals surface area contributed by atoms with Crippen molar-refractivity contribution in [3.63, 3.8) is 0 Å². The Balaban J connectivity index is 1.69. The molecule has 0 radical (unpaired) electrons. The number of nitrogens with one attached hydrogen (secondary N) is 1. The molecule has 100 valence electrons. The first-order chi connectivity index (χ1) is 9.22. The van der Waals surface area contributed by atoms with Crippen molar-refractivity contribution in [2.45, 2.75) is 25.9 Å². The van der Waals surface area contributed by atoms with Crippen LogP contribution in [0.5, 0.6) is 0 Å². The van der Waals surface area contributed by atoms with Crippen molar-refractivity contribution in [2.75, 3.05) is 13.2 Å². The summed E-state index contributed by atoms with van der Waals surface area (Å²) in [5.74, 6) is -0.0707. The monoisotopic (exact) mass is 259 g/mol. The molecule has 1 aliphatic rings. The molecule has 3 heterocycles. The highest BCUT2D eigenvalue weighted by Gasteiger charge is 2.16. The molecule has 5 heteroatoms. The van der Waals surface area contributed by atoms with Crippen LogP contribution in [0.3, 0.4) is 0 Å². The smallest absolute Gasteiger partial charge is 0.251 e. The third-order valence-corrected chi connectivity index (χ3v) is 3.36. The standard InChI is InChI=1S/C14H17N3O2/c1-10-9-17-5-4-11(7-13(17)16-10)14(18)15-8-12-3-2-6-19-12/h4-5,7,9,12H,2-3,6,8H2,1H3,(H,15,18). The van der Waals surface area contributed by atoms with Crippen LogP contribution in [0, 0.1) is 6.92 Å². The SMILES string of the molecule is Cc1cn2ccc(C(=O)NCC3CCCO3)cc2n1. The summed E-state index contributed by atoms with van der Waals surface area (Å²) in [5, 5.41) is 2.91. The van der Waals surface area contributed by atoms with Gasteiger partial charge in [-0.1, -0.05) is 0 Å². The van der Waals surface area contributed by atoms with Crippen molar-refractivity contribution < 1.29 is 9.53 Å². The average molecular weight is 259 g/mol. The van der Waals surface area contributed by atoms with Gasteiger partial charge in [0.2, 0.25) is 0 Å². The van der Waals surface area contributed by atoms with Gasteiger partial charge in [0, 0.05) is 31.1 Å². The summed E-state index contributed by atoms with van der Waals surface area (Å²) in [7, 11) is 0. The number of hydrogen-bond donors (Lipinski definition) is 1. The fourth-order valence-electron chi connectivity index (χ4n) is 2.36. The predicted octanol–water partition coefficient (Wildman–Crippen LogP) is 1.55. The number of fused-ring (bicyclic) bond motifs is 1. The normalized spacial score (nSPS) is 18.9. The molecule has 5 nitrogen and oxygen atoms in total. The third-order valence-electron chi connectivity index (χ3n) is 3.36. The zero-order valence-corrected chi connectivity index (χ0v) is 10.9. The molecular weight excluding hydrogens is 242 g/mol. The molecule has 1 amide bonds. The number of amides is 1. The Bertz CT molecular complexity index is 600. The number of carbonyl (C=O) groups excluding carboxylic acids is 1. The topological polar surface area (TPSA) is 55.6 Å². The number of nitrogens with zero attached hydrogens (tertiary/aromatic N) is 2. The van der Waals surface area contributed by atoms with E-state index in [4.69, 9.17) is 4.74 Å². The molecule has 1 saturated heterocycles. The molecule has 1 N–H and O–H groups in total. The summed E-state index contributed by atoms with van der Waals surface area (Å²) in [6.07, 6.45) is 6.07. The number of rotatable bonds is 3. The molecule has 3 rings (SSSR count). The minimum absolute atomic E-state index is 0.0707. The average Bonchev–Trinajstić information content (AvgIpc) is 3.02. The van der Waals surface area contributed by atoms with E-state index in [1.807, 2.05) is 23.7 Å². The van der Waals surface area contributed by atoms with Crippen LogP contribution in [0.1, 0.15) is 28.9 Å². The van der Waals surface area contributed by atoms with E-state index in [2.05, 4.69) is 10.3 Å². The van der Waals surface area contributed by atoms with Crippen LogP contribution >= 0.6 is 0 Å². The van der Waals surface area contributed by atoms with Gasteiger partial charge in [0.15, 0.2) is 0 Å². The maximum absolute atomic E-state index is 12.0. The second-order valence-electron chi connectivity index (χ2n) is 4.91. The molecule has 0 spiro atoms. The first-order valence-corrected chi connectivity index (χ1v) is 6.57. The van der Waals surface area contributed by atoms with Crippen molar-refractivity contribution in [2.24, 2.45) is 0 Å². The molecular formula is C14H17N3O2. The second-order valence-corrected chi connectivity index (χ2v) is 4.91. The Morgan fingerprint density at radius 3 is 3.32 bits per heavy atom. The number of aromatic nitrogens is 2. The lowest BCUT2D eigenvalue weighted by molar-refractivity contribution is 0.0858. The third kappa shape index (κ3) is 2.61. The van der Waals surface area contributed by atoms with E-state index in [1.54, 1.807) is 12.1 Å². The Morgan fingerprint density at radius 2 is 2.53 bits per heavy atom. The summed E-state index contributed by atoms with van der Waals surface area (Å²) >= 11 is 0. The largest absolute Gasteiger partial charge is 0.376 e. The lowest BCUT2D eigenvalue weighted by atomic mass is 10.2. The number of ether oxygens (including phenoxy) is 1. The van der Waals surface area contributed by atoms with Crippen LogP contribution in [0.25, 0.3) is 5.65 Å². The zero-order valence-electron chi connectivity index (χ0n) is 10.9. The van der Waals surface area contributed by atoms with Gasteiger partial charge in [0.05, 0.1) is 11.8 Å². The summed E-state index contributed by atoms with van der Waals surface area (Å²) in [5.41, 5.74) is 2.37. The number of hydrogen-bond acceptors (Lipinski definition) is 3. The van der Waals surface area contributed by atoms with Gasteiger partial charge in [0.25, 0.3) is 5.91 Å². The van der Waals surface area contributed by atoms with E-state index in [-0.39, 0.29) is 12.0 Å². The number of imidazole rings is 1. The van der Waals surface area contributed by atoms with Crippen LogP contribution in [0.15, 0.2) is 24.5 Å². The minimum atomic E-state index is -0.0707. The molecule has 0 aromatic carbocycles. The molecule has 1 unspecified atom stereocenters. The summed E-state index contributed by atoms with van der Waals surface area (Å²) in [6.45, 7) is 3.32. The fourth-order valence-corrected chi connectivity index (χ4v) is 2.36. The highest BCUT2D eigenvalue weighted by atomic mass is 16.5. The summed E-state index contributed by atoms with van der Waals surface area (Å²) < 4.78 is 7.39. The van der Waals surface area contributed by atoms with Crippen molar-refractivity contribution in [1.29, 1.82) is 0 Å². The second kappa shape index (κ2) is 5.01. The van der Waals surface area contributed by atoms with Crippen molar-refractivity contribution in [3.05, 3.63) is 35.8 Å². The van der Waals surface area contributed by atoms with Crippen LogP contribution in [0.4, 0.5) is 0 Å². The molecule has 2 aromatic heterocycles. The highest BCUT2D eigenvalue weighted by Crippen LogP contribution is 2.11. The maximum Gasteiger partial charge on any atom is 0.251 e. The van der Waals surface area contributed by atoms with Crippen LogP contribution < -0.4 is 5.32 Å². The van der Waals surface area contributed by atoms with Gasteiger partial charge in [-0.05, 0) is 31.9 Å². The summed E-state index contributed by atoms with van der Waals surface area (Å²) in [6, 6.07) is 3.61. The quantitative estimate of drug-likeness (QED) is 0.910. The van der Waals surface area contributed by atoms with E-state index in [9.17, 15) is 4.79 Å². The first kappa shape index (κ1) is 12.2. The fraction of sp³-hybridized carbons (Fsp3) is 0.429. The minimum Gasteiger partial charge on any atom is -0.376 e.